The number of aromatic nitrogens is 3. The monoisotopic (exact) mass is 348 g/mol. The van der Waals surface area contributed by atoms with Gasteiger partial charge in [-0.3, -0.25) is 4.98 Å². The van der Waals surface area contributed by atoms with Crippen molar-refractivity contribution in [2.24, 2.45) is 5.41 Å². The molecule has 1 spiro atoms. The zero-order chi connectivity index (χ0) is 17.4. The molecular formula is C20H24N6. The third kappa shape index (κ3) is 2.74. The summed E-state index contributed by atoms with van der Waals surface area (Å²) in [6.07, 6.45) is 15.7. The average molecular weight is 348 g/mol. The van der Waals surface area contributed by atoms with Gasteiger partial charge in [0.05, 0.1) is 11.7 Å². The molecule has 2 saturated heterocycles. The summed E-state index contributed by atoms with van der Waals surface area (Å²) in [5.74, 6) is 1.81. The average Bonchev–Trinajstić information content (AvgIpc) is 3.16. The van der Waals surface area contributed by atoms with Gasteiger partial charge in [0.1, 0.15) is 5.82 Å². The fraction of sp³-hybridized carbons (Fsp3) is 0.450. The topological polar surface area (TPSA) is 57.2 Å². The van der Waals surface area contributed by atoms with Gasteiger partial charge in [0.2, 0.25) is 5.95 Å². The summed E-state index contributed by atoms with van der Waals surface area (Å²) in [5.41, 5.74) is 1.42. The van der Waals surface area contributed by atoms with E-state index in [1.807, 2.05) is 30.7 Å². The van der Waals surface area contributed by atoms with Crippen LogP contribution < -0.4 is 15.1 Å². The molecule has 0 unspecified atom stereocenters. The largest absolute Gasteiger partial charge is 0.356 e. The van der Waals surface area contributed by atoms with E-state index in [4.69, 9.17) is 9.97 Å². The number of hydrogen-bond donors (Lipinski definition) is 1. The number of nitrogens with one attached hydrogen (secondary N) is 1. The maximum atomic E-state index is 4.98. The van der Waals surface area contributed by atoms with Crippen molar-refractivity contribution >= 4 is 22.7 Å². The molecule has 2 aromatic heterocycles. The lowest BCUT2D eigenvalue weighted by Gasteiger charge is -2.39. The fourth-order valence-electron chi connectivity index (χ4n) is 4.35. The summed E-state index contributed by atoms with van der Waals surface area (Å²) in [5, 5.41) is 4.64. The molecule has 134 valence electrons. The van der Waals surface area contributed by atoms with Crippen LogP contribution in [0.3, 0.4) is 0 Å². The second-order valence-electron chi connectivity index (χ2n) is 7.58. The Balaban J connectivity index is 1.50. The van der Waals surface area contributed by atoms with Crippen molar-refractivity contribution < 1.29 is 0 Å². The lowest BCUT2D eigenvalue weighted by molar-refractivity contribution is 0.247. The van der Waals surface area contributed by atoms with Gasteiger partial charge in [0, 0.05) is 44.0 Å². The molecule has 6 heteroatoms. The van der Waals surface area contributed by atoms with E-state index in [-0.39, 0.29) is 0 Å². The maximum absolute atomic E-state index is 4.98. The van der Waals surface area contributed by atoms with Crippen LogP contribution in [0.4, 0.5) is 11.8 Å². The van der Waals surface area contributed by atoms with E-state index < -0.39 is 0 Å². The van der Waals surface area contributed by atoms with Gasteiger partial charge >= 0.3 is 0 Å². The van der Waals surface area contributed by atoms with Crippen molar-refractivity contribution in [3.63, 3.8) is 0 Å². The lowest BCUT2D eigenvalue weighted by Crippen LogP contribution is -2.41. The van der Waals surface area contributed by atoms with Gasteiger partial charge in [-0.1, -0.05) is 12.2 Å². The summed E-state index contributed by atoms with van der Waals surface area (Å²) in [4.78, 5) is 18.5. The van der Waals surface area contributed by atoms with Crippen molar-refractivity contribution in [1.29, 1.82) is 0 Å². The van der Waals surface area contributed by atoms with Crippen LogP contribution in [0, 0.1) is 5.41 Å². The van der Waals surface area contributed by atoms with E-state index in [1.165, 1.54) is 32.4 Å². The fourth-order valence-corrected chi connectivity index (χ4v) is 4.35. The minimum Gasteiger partial charge on any atom is -0.356 e. The van der Waals surface area contributed by atoms with Crippen LogP contribution in [0.5, 0.6) is 0 Å². The molecule has 26 heavy (non-hydrogen) atoms. The number of fused-ring (bicyclic) bond motifs is 1. The summed E-state index contributed by atoms with van der Waals surface area (Å²) in [7, 11) is 0. The molecule has 1 N–H and O–H groups in total. The SMILES string of the molecule is C1=CCN(c2nc(N3CCC4(CCNC4)CC3)c3ccncc3n2)C=C1. The Hall–Kier alpha value is -2.47. The first-order valence-electron chi connectivity index (χ1n) is 9.51. The molecule has 0 bridgehead atoms. The third-order valence-electron chi connectivity index (χ3n) is 6.00. The molecule has 0 atom stereocenters. The van der Waals surface area contributed by atoms with E-state index in [0.29, 0.717) is 5.41 Å². The number of anilines is 2. The highest BCUT2D eigenvalue weighted by Gasteiger charge is 2.37. The highest BCUT2D eigenvalue weighted by Crippen LogP contribution is 2.39. The van der Waals surface area contributed by atoms with Gasteiger partial charge in [-0.15, -0.1) is 0 Å². The molecule has 3 aliphatic rings. The molecule has 0 aliphatic carbocycles. The van der Waals surface area contributed by atoms with E-state index >= 15 is 0 Å². The minimum atomic E-state index is 0.504. The van der Waals surface area contributed by atoms with Gasteiger partial charge in [0.15, 0.2) is 0 Å². The Morgan fingerprint density at radius 3 is 2.77 bits per heavy atom. The van der Waals surface area contributed by atoms with Crippen LogP contribution in [0.1, 0.15) is 19.3 Å². The van der Waals surface area contributed by atoms with Gasteiger partial charge in [-0.05, 0) is 43.4 Å². The van der Waals surface area contributed by atoms with Crippen LogP contribution in [0.25, 0.3) is 10.9 Å². The minimum absolute atomic E-state index is 0.504. The second-order valence-corrected chi connectivity index (χ2v) is 7.58. The first-order chi connectivity index (χ1) is 12.8. The molecule has 5 heterocycles. The number of pyridine rings is 1. The molecule has 6 nitrogen and oxygen atoms in total. The summed E-state index contributed by atoms with van der Waals surface area (Å²) < 4.78 is 0. The standard InChI is InChI=1S/C20H24N6/c1-2-10-26(11-3-1)19-23-17-14-21-8-4-16(17)18(24-19)25-12-6-20(7-13-25)5-9-22-15-20/h1-4,8,10,14,22H,5-7,9,11-13,15H2. The molecule has 3 aliphatic heterocycles. The molecule has 2 fully saturated rings. The van der Waals surface area contributed by atoms with E-state index in [9.17, 15) is 0 Å². The normalized spacial score (nSPS) is 21.8. The number of piperidine rings is 1. The van der Waals surface area contributed by atoms with Crippen molar-refractivity contribution in [3.8, 4) is 0 Å². The van der Waals surface area contributed by atoms with Crippen molar-refractivity contribution in [3.05, 3.63) is 42.9 Å². The summed E-state index contributed by atoms with van der Waals surface area (Å²) in [6.45, 7) is 5.26. The molecule has 2 aromatic rings. The van der Waals surface area contributed by atoms with Gasteiger partial charge in [0.25, 0.3) is 0 Å². The first-order valence-corrected chi connectivity index (χ1v) is 9.51. The molecule has 0 aromatic carbocycles. The lowest BCUT2D eigenvalue weighted by atomic mass is 9.78. The van der Waals surface area contributed by atoms with E-state index in [1.54, 1.807) is 0 Å². The zero-order valence-corrected chi connectivity index (χ0v) is 14.9. The highest BCUT2D eigenvalue weighted by atomic mass is 15.3. The quantitative estimate of drug-likeness (QED) is 0.900. The molecule has 0 radical (unpaired) electrons. The second kappa shape index (κ2) is 6.36. The Labute approximate surface area is 153 Å². The van der Waals surface area contributed by atoms with Gasteiger partial charge < -0.3 is 15.1 Å². The third-order valence-corrected chi connectivity index (χ3v) is 6.00. The van der Waals surface area contributed by atoms with Crippen LogP contribution in [0.15, 0.2) is 42.9 Å². The Bertz CT molecular complexity index is 858. The highest BCUT2D eigenvalue weighted by molar-refractivity contribution is 5.90. The number of allylic oxidation sites excluding steroid dienone is 2. The molecular weight excluding hydrogens is 324 g/mol. The smallest absolute Gasteiger partial charge is 0.232 e. The van der Waals surface area contributed by atoms with Gasteiger partial charge in [-0.2, -0.15) is 4.98 Å². The molecule has 0 saturated carbocycles. The predicted octanol–water partition coefficient (Wildman–Crippen LogP) is 2.49. The van der Waals surface area contributed by atoms with E-state index in [2.05, 4.69) is 32.3 Å². The Morgan fingerprint density at radius 2 is 2.00 bits per heavy atom. The Kier molecular flexibility index (Phi) is 3.85. The van der Waals surface area contributed by atoms with Crippen molar-refractivity contribution in [2.45, 2.75) is 19.3 Å². The number of hydrogen-bond acceptors (Lipinski definition) is 6. The van der Waals surface area contributed by atoms with Gasteiger partial charge in [-0.25, -0.2) is 4.98 Å². The molecule has 5 rings (SSSR count). The van der Waals surface area contributed by atoms with Crippen molar-refractivity contribution in [1.82, 2.24) is 20.3 Å². The van der Waals surface area contributed by atoms with Crippen LogP contribution >= 0.6 is 0 Å². The zero-order valence-electron chi connectivity index (χ0n) is 14.9. The summed E-state index contributed by atoms with van der Waals surface area (Å²) >= 11 is 0. The Morgan fingerprint density at radius 1 is 1.08 bits per heavy atom. The number of nitrogens with zero attached hydrogens (tertiary/aromatic N) is 5. The summed E-state index contributed by atoms with van der Waals surface area (Å²) in [6, 6.07) is 2.04. The predicted molar refractivity (Wildman–Crippen MR) is 104 cm³/mol. The van der Waals surface area contributed by atoms with Crippen LogP contribution in [-0.4, -0.2) is 47.7 Å². The van der Waals surface area contributed by atoms with Crippen LogP contribution in [-0.2, 0) is 0 Å². The van der Waals surface area contributed by atoms with Crippen molar-refractivity contribution in [2.75, 3.05) is 42.5 Å². The number of rotatable bonds is 2. The van der Waals surface area contributed by atoms with Crippen LogP contribution in [0.2, 0.25) is 0 Å². The first kappa shape index (κ1) is 15.8. The van der Waals surface area contributed by atoms with E-state index in [0.717, 1.165) is 42.3 Å². The molecule has 0 amide bonds. The maximum Gasteiger partial charge on any atom is 0.232 e.